The van der Waals surface area contributed by atoms with E-state index in [9.17, 15) is 14.7 Å². The minimum Gasteiger partial charge on any atom is -0.508 e. The highest BCUT2D eigenvalue weighted by molar-refractivity contribution is 7.46. The van der Waals surface area contributed by atoms with Crippen LogP contribution in [0.5, 0.6) is 11.5 Å². The summed E-state index contributed by atoms with van der Waals surface area (Å²) in [4.78, 5) is 47.8. The minimum atomic E-state index is -4.64. The molecule has 0 aliphatic heterocycles. The summed E-state index contributed by atoms with van der Waals surface area (Å²) in [7, 11) is -9.03. The van der Waals surface area contributed by atoms with Gasteiger partial charge in [0.1, 0.15) is 11.5 Å². The molecule has 14 heteroatoms. The Hall–Kier alpha value is -2.30. The third-order valence-electron chi connectivity index (χ3n) is 2.03. The highest BCUT2D eigenvalue weighted by Crippen LogP contribution is 2.36. The number of non-ortho nitro benzene ring substituents is 1. The second-order valence-electron chi connectivity index (χ2n) is 4.18. The number of phosphoric acid groups is 2. The number of phenolic OH excluding ortho intramolecular Hbond substituents is 1. The number of hydrogen-bond acceptors (Lipinski definition) is 6. The van der Waals surface area contributed by atoms with E-state index < -0.39 is 20.6 Å². The molecule has 0 saturated carbocycles. The van der Waals surface area contributed by atoms with Crippen LogP contribution in [-0.2, 0) is 9.13 Å². The lowest BCUT2D eigenvalue weighted by molar-refractivity contribution is -0.384. The number of phosphoric ester groups is 1. The summed E-state index contributed by atoms with van der Waals surface area (Å²) < 4.78 is 23.4. The van der Waals surface area contributed by atoms with E-state index >= 15 is 0 Å². The van der Waals surface area contributed by atoms with Crippen LogP contribution < -0.4 is 4.52 Å². The van der Waals surface area contributed by atoms with Gasteiger partial charge in [-0.2, -0.15) is 0 Å². The van der Waals surface area contributed by atoms with Gasteiger partial charge in [0, 0.05) is 12.1 Å². The van der Waals surface area contributed by atoms with E-state index in [1.807, 2.05) is 0 Å². The number of para-hydroxylation sites is 1. The van der Waals surface area contributed by atoms with Crippen LogP contribution in [0, 0.1) is 10.1 Å². The molecule has 0 fully saturated rings. The Morgan fingerprint density at radius 3 is 1.62 bits per heavy atom. The fourth-order valence-electron chi connectivity index (χ4n) is 1.19. The smallest absolute Gasteiger partial charge is 0.508 e. The van der Waals surface area contributed by atoms with Crippen molar-refractivity contribution in [1.29, 1.82) is 0 Å². The third-order valence-corrected chi connectivity index (χ3v) is 2.48. The van der Waals surface area contributed by atoms with Crippen LogP contribution in [0.1, 0.15) is 0 Å². The molecule has 0 aliphatic rings. The number of nitro groups is 1. The molecule has 0 spiro atoms. The molecule has 2 aromatic rings. The molecule has 0 unspecified atom stereocenters. The molecular formula is C12H15NO11P2. The molecule has 144 valence electrons. The lowest BCUT2D eigenvalue weighted by Crippen LogP contribution is -1.88. The molecule has 0 atom stereocenters. The topological polar surface area (TPSA) is 208 Å². The monoisotopic (exact) mass is 411 g/mol. The first kappa shape index (κ1) is 23.7. The minimum absolute atomic E-state index is 0.0159. The van der Waals surface area contributed by atoms with E-state index in [2.05, 4.69) is 4.52 Å². The fourth-order valence-corrected chi connectivity index (χ4v) is 1.59. The summed E-state index contributed by atoms with van der Waals surface area (Å²) in [6.07, 6.45) is 0. The quantitative estimate of drug-likeness (QED) is 0.242. The van der Waals surface area contributed by atoms with Crippen LogP contribution in [0.3, 0.4) is 0 Å². The predicted molar refractivity (Wildman–Crippen MR) is 88.1 cm³/mol. The fraction of sp³-hybridized carbons (Fsp3) is 0. The average Bonchev–Trinajstić information content (AvgIpc) is 2.46. The number of rotatable bonds is 3. The van der Waals surface area contributed by atoms with Gasteiger partial charge in [-0.1, -0.05) is 18.2 Å². The van der Waals surface area contributed by atoms with Crippen LogP contribution >= 0.6 is 15.6 Å². The van der Waals surface area contributed by atoms with E-state index in [1.54, 1.807) is 18.2 Å². The van der Waals surface area contributed by atoms with Gasteiger partial charge in [-0.25, -0.2) is 9.13 Å². The average molecular weight is 411 g/mol. The molecule has 0 aromatic heterocycles. The van der Waals surface area contributed by atoms with Gasteiger partial charge in [-0.05, 0) is 24.3 Å². The zero-order valence-corrected chi connectivity index (χ0v) is 14.6. The molecular weight excluding hydrogens is 396 g/mol. The number of nitrogens with zero attached hydrogens (tertiary/aromatic N) is 1. The summed E-state index contributed by atoms with van der Waals surface area (Å²) in [5.41, 5.74) is -0.0159. The van der Waals surface area contributed by atoms with E-state index in [0.717, 1.165) is 0 Å². The maximum absolute atomic E-state index is 10.3. The first-order valence-electron chi connectivity index (χ1n) is 6.30. The number of phenols is 1. The van der Waals surface area contributed by atoms with Crippen LogP contribution in [0.25, 0.3) is 0 Å². The zero-order valence-electron chi connectivity index (χ0n) is 12.8. The highest BCUT2D eigenvalue weighted by atomic mass is 31.2. The van der Waals surface area contributed by atoms with Gasteiger partial charge in [-0.15, -0.1) is 0 Å². The molecule has 0 bridgehead atoms. The Labute approximate surface area is 146 Å². The molecule has 12 nitrogen and oxygen atoms in total. The molecule has 0 aliphatic carbocycles. The number of aromatic hydroxyl groups is 1. The van der Waals surface area contributed by atoms with Gasteiger partial charge in [0.05, 0.1) is 4.92 Å². The van der Waals surface area contributed by atoms with Crippen molar-refractivity contribution in [2.75, 3.05) is 0 Å². The van der Waals surface area contributed by atoms with Crippen LogP contribution in [0.4, 0.5) is 5.69 Å². The summed E-state index contributed by atoms with van der Waals surface area (Å²) in [6.45, 7) is 0. The largest absolute Gasteiger partial charge is 0.524 e. The Kier molecular flexibility index (Phi) is 9.70. The molecule has 2 aromatic carbocycles. The lowest BCUT2D eigenvalue weighted by atomic mass is 10.3. The summed E-state index contributed by atoms with van der Waals surface area (Å²) >= 11 is 0. The maximum Gasteiger partial charge on any atom is 0.524 e. The highest BCUT2D eigenvalue weighted by Gasteiger charge is 2.14. The third kappa shape index (κ3) is 15.2. The molecule has 2 rings (SSSR count). The van der Waals surface area contributed by atoms with Crippen molar-refractivity contribution in [3.63, 3.8) is 0 Å². The zero-order chi connectivity index (χ0) is 20.4. The molecule has 0 heterocycles. The number of nitro benzene ring substituents is 1. The molecule has 0 amide bonds. The predicted octanol–water partition coefficient (Wildman–Crippen LogP) is 1.53. The molecule has 26 heavy (non-hydrogen) atoms. The van der Waals surface area contributed by atoms with Crippen LogP contribution in [-0.4, -0.2) is 34.5 Å². The molecule has 0 saturated heterocycles. The van der Waals surface area contributed by atoms with Gasteiger partial charge in [0.15, 0.2) is 0 Å². The van der Waals surface area contributed by atoms with Gasteiger partial charge in [-0.3, -0.25) is 19.9 Å². The van der Waals surface area contributed by atoms with Crippen molar-refractivity contribution < 1.29 is 48.2 Å². The van der Waals surface area contributed by atoms with Crippen molar-refractivity contribution in [2.45, 2.75) is 0 Å². The molecule has 6 N–H and O–H groups in total. The van der Waals surface area contributed by atoms with E-state index in [0.29, 0.717) is 0 Å². The Balaban J connectivity index is 0.000000387. The first-order chi connectivity index (χ1) is 11.8. The summed E-state index contributed by atoms with van der Waals surface area (Å²) in [5, 5.41) is 18.8. The van der Waals surface area contributed by atoms with Gasteiger partial charge >= 0.3 is 15.6 Å². The number of hydrogen-bond donors (Lipinski definition) is 6. The second kappa shape index (κ2) is 10.6. The summed E-state index contributed by atoms with van der Waals surface area (Å²) in [6, 6.07) is 13.0. The lowest BCUT2D eigenvalue weighted by Gasteiger charge is -2.04. The Morgan fingerprint density at radius 1 is 0.846 bits per heavy atom. The standard InChI is InChI=1S/C6H5NO3.C6H7O4P.H3O4P/c8-6-3-1-5(2-4-6)7(9)10;7-11(8,9)10-6-4-2-1-3-5-6;1-5(2,3)4/h1-4,8H;1-5H,(H2,7,8,9);(H3,1,2,3,4). The summed E-state index contributed by atoms with van der Waals surface area (Å²) in [5.74, 6) is 0.200. The number of benzene rings is 2. The van der Waals surface area contributed by atoms with E-state index in [1.165, 1.54) is 36.4 Å². The van der Waals surface area contributed by atoms with Crippen LogP contribution in [0.15, 0.2) is 54.6 Å². The normalized spacial score (nSPS) is 10.5. The maximum atomic E-state index is 10.3. The van der Waals surface area contributed by atoms with Gasteiger partial charge in [0.2, 0.25) is 0 Å². The van der Waals surface area contributed by atoms with Crippen LogP contribution in [0.2, 0.25) is 0 Å². The SMILES string of the molecule is O=P(O)(O)O.O=P(O)(O)Oc1ccccc1.O=[N+]([O-])c1ccc(O)cc1. The molecule has 0 radical (unpaired) electrons. The van der Waals surface area contributed by atoms with Gasteiger partial charge in [0.25, 0.3) is 5.69 Å². The van der Waals surface area contributed by atoms with Crippen molar-refractivity contribution in [1.82, 2.24) is 0 Å². The van der Waals surface area contributed by atoms with Crippen molar-refractivity contribution in [3.05, 3.63) is 64.7 Å². The van der Waals surface area contributed by atoms with E-state index in [-0.39, 0.29) is 17.2 Å². The van der Waals surface area contributed by atoms with Crippen molar-refractivity contribution >= 4 is 21.3 Å². The van der Waals surface area contributed by atoms with Crippen molar-refractivity contribution in [2.24, 2.45) is 0 Å². The first-order valence-corrected chi connectivity index (χ1v) is 9.39. The van der Waals surface area contributed by atoms with E-state index in [4.69, 9.17) is 34.1 Å². The Morgan fingerprint density at radius 2 is 1.27 bits per heavy atom. The van der Waals surface area contributed by atoms with Crippen molar-refractivity contribution in [3.8, 4) is 11.5 Å². The van der Waals surface area contributed by atoms with Gasteiger partial charge < -0.3 is 24.3 Å². The Bertz CT molecular complexity index is 761. The second-order valence-corrected chi connectivity index (χ2v) is 6.37.